The van der Waals surface area contributed by atoms with Crippen LogP contribution in [0.5, 0.6) is 0 Å². The summed E-state index contributed by atoms with van der Waals surface area (Å²) in [6, 6.07) is 13.9. The summed E-state index contributed by atoms with van der Waals surface area (Å²) in [4.78, 5) is 35.2. The summed E-state index contributed by atoms with van der Waals surface area (Å²) in [5, 5.41) is 8.00. The second-order valence-electron chi connectivity index (χ2n) is 9.66. The number of anilines is 1. The van der Waals surface area contributed by atoms with Crippen LogP contribution in [-0.2, 0) is 17.1 Å². The minimum atomic E-state index is -0.324. The van der Waals surface area contributed by atoms with Gasteiger partial charge in [-0.05, 0) is 53.9 Å². The topological polar surface area (TPSA) is 87.1 Å². The lowest BCUT2D eigenvalue weighted by atomic mass is 9.93. The van der Waals surface area contributed by atoms with Crippen molar-refractivity contribution in [2.45, 2.75) is 36.7 Å². The molecule has 3 heterocycles. The number of nitrogens with one attached hydrogen (secondary N) is 1. The monoisotopic (exact) mass is 580 g/mol. The number of benzene rings is 2. The zero-order valence-electron chi connectivity index (χ0n) is 22.1. The number of amides is 1. The number of aromatic nitrogens is 4. The standard InChI is InChI=1S/C29H30ClFN6O2S/c1-2-25(21-15-32-33-16-21)26-17-37(29(34-28(26)39)40-19-20-3-7-23(31)8-4-20)18-27(38)36-13-11-35(12-14-36)24-9-5-22(30)6-10-24/h3-10,15-17,25H,2,11-14,18-19H2,1H3,(H,32,33). The number of piperazine rings is 1. The molecule has 2 aromatic heterocycles. The van der Waals surface area contributed by atoms with Crippen molar-refractivity contribution < 1.29 is 9.18 Å². The highest BCUT2D eigenvalue weighted by Gasteiger charge is 2.24. The third-order valence-electron chi connectivity index (χ3n) is 7.10. The van der Waals surface area contributed by atoms with Crippen LogP contribution in [0, 0.1) is 5.82 Å². The highest BCUT2D eigenvalue weighted by atomic mass is 35.5. The maximum atomic E-state index is 13.5. The van der Waals surface area contributed by atoms with Gasteiger partial charge in [0.2, 0.25) is 5.91 Å². The summed E-state index contributed by atoms with van der Waals surface area (Å²) in [7, 11) is 0. The average Bonchev–Trinajstić information content (AvgIpc) is 3.50. The lowest BCUT2D eigenvalue weighted by Gasteiger charge is -2.36. The predicted octanol–water partition coefficient (Wildman–Crippen LogP) is 4.94. The summed E-state index contributed by atoms with van der Waals surface area (Å²) in [6.45, 7) is 4.68. The molecule has 40 heavy (non-hydrogen) atoms. The van der Waals surface area contributed by atoms with Gasteiger partial charge < -0.3 is 14.4 Å². The van der Waals surface area contributed by atoms with E-state index >= 15 is 0 Å². The van der Waals surface area contributed by atoms with Gasteiger partial charge in [-0.1, -0.05) is 42.4 Å². The molecule has 1 aliphatic heterocycles. The smallest absolute Gasteiger partial charge is 0.277 e. The van der Waals surface area contributed by atoms with E-state index in [0.717, 1.165) is 16.8 Å². The van der Waals surface area contributed by atoms with Gasteiger partial charge in [-0.2, -0.15) is 10.1 Å². The Labute approximate surface area is 241 Å². The fraction of sp³-hybridized carbons (Fsp3) is 0.310. The van der Waals surface area contributed by atoms with Crippen molar-refractivity contribution in [2.75, 3.05) is 31.1 Å². The molecule has 2 aromatic carbocycles. The molecule has 1 unspecified atom stereocenters. The molecule has 1 fully saturated rings. The maximum Gasteiger partial charge on any atom is 0.277 e. The van der Waals surface area contributed by atoms with Gasteiger partial charge >= 0.3 is 0 Å². The number of nitrogens with zero attached hydrogens (tertiary/aromatic N) is 5. The van der Waals surface area contributed by atoms with Crippen molar-refractivity contribution in [3.63, 3.8) is 0 Å². The summed E-state index contributed by atoms with van der Waals surface area (Å²) in [5.41, 5.74) is 3.07. The normalized spacial score (nSPS) is 14.4. The van der Waals surface area contributed by atoms with E-state index < -0.39 is 0 Å². The lowest BCUT2D eigenvalue weighted by molar-refractivity contribution is -0.132. The number of hydrogen-bond acceptors (Lipinski definition) is 6. The highest BCUT2D eigenvalue weighted by Crippen LogP contribution is 2.27. The van der Waals surface area contributed by atoms with Crippen molar-refractivity contribution in [1.82, 2.24) is 24.6 Å². The molecule has 11 heteroatoms. The van der Waals surface area contributed by atoms with Crippen LogP contribution in [-0.4, -0.2) is 56.7 Å². The molecule has 0 radical (unpaired) electrons. The third kappa shape index (κ3) is 6.56. The fourth-order valence-electron chi connectivity index (χ4n) is 4.89. The number of halogens is 2. The van der Waals surface area contributed by atoms with Crippen LogP contribution >= 0.6 is 23.4 Å². The Morgan fingerprint density at radius 2 is 1.82 bits per heavy atom. The summed E-state index contributed by atoms with van der Waals surface area (Å²) >= 11 is 7.38. The van der Waals surface area contributed by atoms with Gasteiger partial charge in [0, 0.05) is 66.5 Å². The molecule has 1 atom stereocenters. The molecule has 0 aliphatic carbocycles. The molecular formula is C29H30ClFN6O2S. The quantitative estimate of drug-likeness (QED) is 0.223. The zero-order chi connectivity index (χ0) is 28.1. The van der Waals surface area contributed by atoms with Crippen molar-refractivity contribution in [3.05, 3.63) is 105 Å². The number of carbonyl (C=O) groups is 1. The largest absolute Gasteiger partial charge is 0.368 e. The minimum Gasteiger partial charge on any atom is -0.368 e. The average molecular weight is 581 g/mol. The summed E-state index contributed by atoms with van der Waals surface area (Å²) < 4.78 is 15.2. The number of hydrogen-bond donors (Lipinski definition) is 1. The van der Waals surface area contributed by atoms with E-state index in [2.05, 4.69) is 20.1 Å². The van der Waals surface area contributed by atoms with Crippen LogP contribution in [0.15, 0.2) is 77.1 Å². The first-order chi connectivity index (χ1) is 19.4. The molecule has 0 bridgehead atoms. The number of aromatic amines is 1. The van der Waals surface area contributed by atoms with Crippen LogP contribution < -0.4 is 10.5 Å². The van der Waals surface area contributed by atoms with E-state index in [-0.39, 0.29) is 29.7 Å². The predicted molar refractivity (Wildman–Crippen MR) is 155 cm³/mol. The van der Waals surface area contributed by atoms with Crippen molar-refractivity contribution in [1.29, 1.82) is 0 Å². The van der Waals surface area contributed by atoms with Gasteiger partial charge in [0.15, 0.2) is 5.16 Å². The fourth-order valence-corrected chi connectivity index (χ4v) is 5.93. The van der Waals surface area contributed by atoms with Crippen LogP contribution in [0.2, 0.25) is 5.02 Å². The van der Waals surface area contributed by atoms with Gasteiger partial charge in [0.25, 0.3) is 5.56 Å². The first-order valence-corrected chi connectivity index (χ1v) is 14.5. The van der Waals surface area contributed by atoms with E-state index in [1.807, 2.05) is 36.1 Å². The van der Waals surface area contributed by atoms with Gasteiger partial charge in [0.1, 0.15) is 12.4 Å². The van der Waals surface area contributed by atoms with Gasteiger partial charge in [-0.15, -0.1) is 0 Å². The van der Waals surface area contributed by atoms with Gasteiger partial charge in [-0.3, -0.25) is 14.7 Å². The maximum absolute atomic E-state index is 13.5. The first kappa shape index (κ1) is 27.9. The Morgan fingerprint density at radius 1 is 1.10 bits per heavy atom. The van der Waals surface area contributed by atoms with E-state index in [9.17, 15) is 14.0 Å². The highest BCUT2D eigenvalue weighted by molar-refractivity contribution is 7.98. The second-order valence-corrected chi connectivity index (χ2v) is 11.0. The van der Waals surface area contributed by atoms with E-state index in [0.29, 0.717) is 54.1 Å². The van der Waals surface area contributed by atoms with E-state index in [1.165, 1.54) is 23.9 Å². The second kappa shape index (κ2) is 12.7. The summed E-state index contributed by atoms with van der Waals surface area (Å²) in [6.07, 6.45) is 5.94. The molecular weight excluding hydrogens is 551 g/mol. The molecule has 1 amide bonds. The molecule has 8 nitrogen and oxygen atoms in total. The molecule has 0 saturated carbocycles. The van der Waals surface area contributed by atoms with Crippen molar-refractivity contribution in [2.24, 2.45) is 0 Å². The summed E-state index contributed by atoms with van der Waals surface area (Å²) in [5.74, 6) is -0.0510. The van der Waals surface area contributed by atoms with Crippen LogP contribution in [0.3, 0.4) is 0 Å². The molecule has 5 rings (SSSR count). The number of rotatable bonds is 9. The van der Waals surface area contributed by atoms with Crippen LogP contribution in [0.1, 0.15) is 36.0 Å². The Bertz CT molecular complexity index is 1490. The van der Waals surface area contributed by atoms with Crippen molar-refractivity contribution >= 4 is 35.0 Å². The molecule has 208 valence electrons. The lowest BCUT2D eigenvalue weighted by Crippen LogP contribution is -2.49. The molecule has 4 aromatic rings. The molecule has 1 aliphatic rings. The van der Waals surface area contributed by atoms with Crippen LogP contribution in [0.4, 0.5) is 10.1 Å². The minimum absolute atomic E-state index is 0.0350. The Balaban J connectivity index is 1.36. The molecule has 0 spiro atoms. The Hall–Kier alpha value is -3.63. The van der Waals surface area contributed by atoms with E-state index in [4.69, 9.17) is 11.6 Å². The van der Waals surface area contributed by atoms with Gasteiger partial charge in [-0.25, -0.2) is 4.39 Å². The van der Waals surface area contributed by atoms with E-state index in [1.54, 1.807) is 35.3 Å². The zero-order valence-corrected chi connectivity index (χ0v) is 23.7. The molecule has 1 N–H and O–H groups in total. The Morgan fingerprint density at radius 3 is 2.48 bits per heavy atom. The van der Waals surface area contributed by atoms with Crippen molar-refractivity contribution in [3.8, 4) is 0 Å². The van der Waals surface area contributed by atoms with Gasteiger partial charge in [0.05, 0.1) is 6.20 Å². The Kier molecular flexibility index (Phi) is 8.86. The first-order valence-electron chi connectivity index (χ1n) is 13.2. The number of H-pyrrole nitrogens is 1. The third-order valence-corrected chi connectivity index (χ3v) is 8.41. The SMILES string of the molecule is CCC(c1cn[nH]c1)c1cn(CC(=O)N2CCN(c3ccc(Cl)cc3)CC2)c(SCc2ccc(F)cc2)nc1=O. The number of carbonyl (C=O) groups excluding carboxylic acids is 1. The molecule has 1 saturated heterocycles. The number of thioether (sulfide) groups is 1. The van der Waals surface area contributed by atoms with Crippen LogP contribution in [0.25, 0.3) is 0 Å².